The molecule has 2 rings (SSSR count). The molecule has 0 unspecified atom stereocenters. The normalized spacial score (nSPS) is 11.0. The predicted octanol–water partition coefficient (Wildman–Crippen LogP) is 2.85. The van der Waals surface area contributed by atoms with Gasteiger partial charge in [0.1, 0.15) is 0 Å². The lowest BCUT2D eigenvalue weighted by Crippen LogP contribution is -2.34. The summed E-state index contributed by atoms with van der Waals surface area (Å²) in [5, 5.41) is 2.83. The molecule has 1 amide bonds. The number of hydrogen-bond donors (Lipinski definition) is 1. The molecule has 0 aromatic carbocycles. The van der Waals surface area contributed by atoms with Gasteiger partial charge in [0.05, 0.1) is 17.0 Å². The maximum absolute atomic E-state index is 12.1. The molecule has 0 aliphatic heterocycles. The number of nitrogens with one attached hydrogen (secondary N) is 1. The van der Waals surface area contributed by atoms with E-state index in [0.29, 0.717) is 17.0 Å². The van der Waals surface area contributed by atoms with E-state index in [4.69, 9.17) is 4.74 Å². The number of hydrogen-bond acceptors (Lipinski definition) is 6. The van der Waals surface area contributed by atoms with Gasteiger partial charge in [-0.1, -0.05) is 20.8 Å². The Hall–Kier alpha value is -2.54. The number of Topliss-reactive ketones (excluding diaryl/α,β-unsaturated/α-hetero) is 1. The fraction of sp³-hybridized carbons (Fsp3) is 0.333. The highest BCUT2D eigenvalue weighted by atomic mass is 32.1. The molecule has 0 saturated carbocycles. The molecule has 1 N–H and O–H groups in total. The van der Waals surface area contributed by atoms with Gasteiger partial charge in [-0.15, -0.1) is 11.3 Å². The molecule has 0 fully saturated rings. The van der Waals surface area contributed by atoms with Crippen LogP contribution in [0.4, 0.5) is 0 Å². The molecule has 2 heterocycles. The lowest BCUT2D eigenvalue weighted by atomic mass is 9.96. The van der Waals surface area contributed by atoms with Crippen LogP contribution < -0.4 is 5.32 Å². The van der Waals surface area contributed by atoms with E-state index in [1.54, 1.807) is 12.1 Å². The maximum Gasteiger partial charge on any atom is 0.338 e. The molecule has 6 nitrogen and oxygen atoms in total. The average Bonchev–Trinajstić information content (AvgIpc) is 3.06. The van der Waals surface area contributed by atoms with E-state index in [1.165, 1.54) is 35.9 Å². The minimum atomic E-state index is -0.565. The van der Waals surface area contributed by atoms with Gasteiger partial charge < -0.3 is 10.1 Å². The van der Waals surface area contributed by atoms with Gasteiger partial charge in [-0.25, -0.2) is 4.79 Å². The number of esters is 1. The number of thiophene rings is 1. The second-order valence-corrected chi connectivity index (χ2v) is 7.60. The zero-order chi connectivity index (χ0) is 18.4. The fourth-order valence-corrected chi connectivity index (χ4v) is 2.70. The summed E-state index contributed by atoms with van der Waals surface area (Å²) in [5.74, 6) is -0.897. The average molecular weight is 360 g/mol. The van der Waals surface area contributed by atoms with Crippen molar-refractivity contribution >= 4 is 29.0 Å². The van der Waals surface area contributed by atoms with E-state index in [1.807, 2.05) is 20.8 Å². The molecule has 0 spiro atoms. The van der Waals surface area contributed by atoms with Crippen molar-refractivity contribution in [1.29, 1.82) is 0 Å². The molecule has 2 aromatic rings. The van der Waals surface area contributed by atoms with Gasteiger partial charge in [0.15, 0.2) is 6.61 Å². The largest absolute Gasteiger partial charge is 0.454 e. The van der Waals surface area contributed by atoms with Crippen molar-refractivity contribution in [2.75, 3.05) is 6.61 Å². The van der Waals surface area contributed by atoms with Crippen LogP contribution in [0.15, 0.2) is 36.7 Å². The molecule has 7 heteroatoms. The van der Waals surface area contributed by atoms with Gasteiger partial charge in [0.2, 0.25) is 11.7 Å². The van der Waals surface area contributed by atoms with Gasteiger partial charge in [-0.05, 0) is 24.3 Å². The summed E-state index contributed by atoms with van der Waals surface area (Å²) in [6.07, 6.45) is 2.96. The Balaban J connectivity index is 1.86. The van der Waals surface area contributed by atoms with Crippen molar-refractivity contribution in [3.63, 3.8) is 0 Å². The van der Waals surface area contributed by atoms with Crippen LogP contribution >= 0.6 is 11.3 Å². The molecule has 0 saturated heterocycles. The van der Waals surface area contributed by atoms with Crippen LogP contribution in [0.2, 0.25) is 0 Å². The zero-order valence-corrected chi connectivity index (χ0v) is 15.2. The van der Waals surface area contributed by atoms with E-state index >= 15 is 0 Å². The molecular formula is C18H20N2O4S. The molecule has 0 aliphatic rings. The number of ketones is 1. The SMILES string of the molecule is CC(C)(C)C(=O)NCc1ccc(C(=O)COC(=O)c2ccncc2)s1. The summed E-state index contributed by atoms with van der Waals surface area (Å²) < 4.78 is 5.02. The Morgan fingerprint density at radius 2 is 1.80 bits per heavy atom. The van der Waals surface area contributed by atoms with E-state index in [0.717, 1.165) is 4.88 Å². The van der Waals surface area contributed by atoms with E-state index < -0.39 is 11.4 Å². The lowest BCUT2D eigenvalue weighted by Gasteiger charge is -2.17. The summed E-state index contributed by atoms with van der Waals surface area (Å²) in [4.78, 5) is 41.0. The number of rotatable bonds is 6. The summed E-state index contributed by atoms with van der Waals surface area (Å²) >= 11 is 1.28. The number of amides is 1. The molecular weight excluding hydrogens is 340 g/mol. The maximum atomic E-state index is 12.1. The Morgan fingerprint density at radius 1 is 1.12 bits per heavy atom. The second-order valence-electron chi connectivity index (χ2n) is 6.43. The Morgan fingerprint density at radius 3 is 2.44 bits per heavy atom. The van der Waals surface area contributed by atoms with Crippen molar-refractivity contribution < 1.29 is 19.1 Å². The first-order chi connectivity index (χ1) is 11.8. The molecule has 0 atom stereocenters. The summed E-state index contributed by atoms with van der Waals surface area (Å²) in [5.41, 5.74) is -0.114. The monoisotopic (exact) mass is 360 g/mol. The molecule has 25 heavy (non-hydrogen) atoms. The molecule has 132 valence electrons. The predicted molar refractivity (Wildman–Crippen MR) is 94.5 cm³/mol. The van der Waals surface area contributed by atoms with E-state index in [9.17, 15) is 14.4 Å². The number of carbonyl (C=O) groups is 3. The van der Waals surface area contributed by atoms with Crippen molar-refractivity contribution in [3.05, 3.63) is 52.0 Å². The minimum Gasteiger partial charge on any atom is -0.454 e. The summed E-state index contributed by atoms with van der Waals surface area (Å²) in [7, 11) is 0. The smallest absolute Gasteiger partial charge is 0.338 e. The van der Waals surface area contributed by atoms with Crippen molar-refractivity contribution in [3.8, 4) is 0 Å². The number of carbonyl (C=O) groups excluding carboxylic acids is 3. The fourth-order valence-electron chi connectivity index (χ4n) is 1.83. The van der Waals surface area contributed by atoms with Crippen molar-refractivity contribution in [2.45, 2.75) is 27.3 Å². The van der Waals surface area contributed by atoms with Crippen molar-refractivity contribution in [2.24, 2.45) is 5.41 Å². The summed E-state index contributed by atoms with van der Waals surface area (Å²) in [6, 6.07) is 6.50. The van der Waals surface area contributed by atoms with Crippen LogP contribution in [0, 0.1) is 5.41 Å². The standard InChI is InChI=1S/C18H20N2O4S/c1-18(2,3)17(23)20-10-13-4-5-15(25-13)14(21)11-24-16(22)12-6-8-19-9-7-12/h4-9H,10-11H2,1-3H3,(H,20,23). The van der Waals surface area contributed by atoms with Gasteiger partial charge >= 0.3 is 5.97 Å². The van der Waals surface area contributed by atoms with Gasteiger partial charge in [0, 0.05) is 22.7 Å². The van der Waals surface area contributed by atoms with Crippen LogP contribution in [0.5, 0.6) is 0 Å². The highest BCUT2D eigenvalue weighted by molar-refractivity contribution is 7.14. The molecule has 0 aliphatic carbocycles. The topological polar surface area (TPSA) is 85.4 Å². The van der Waals surface area contributed by atoms with Crippen LogP contribution in [0.25, 0.3) is 0 Å². The third kappa shape index (κ3) is 5.49. The zero-order valence-electron chi connectivity index (χ0n) is 14.4. The Kier molecular flexibility index (Phi) is 6.03. The lowest BCUT2D eigenvalue weighted by molar-refractivity contribution is -0.128. The van der Waals surface area contributed by atoms with Crippen LogP contribution in [0.1, 0.15) is 45.7 Å². The highest BCUT2D eigenvalue weighted by Gasteiger charge is 2.21. The first kappa shape index (κ1) is 18.8. The van der Waals surface area contributed by atoms with Crippen LogP contribution in [0.3, 0.4) is 0 Å². The first-order valence-electron chi connectivity index (χ1n) is 7.75. The van der Waals surface area contributed by atoms with Crippen LogP contribution in [-0.4, -0.2) is 29.3 Å². The quantitative estimate of drug-likeness (QED) is 0.632. The number of ether oxygens (including phenoxy) is 1. The van der Waals surface area contributed by atoms with Gasteiger partial charge in [-0.2, -0.15) is 0 Å². The third-order valence-corrected chi connectivity index (χ3v) is 4.42. The highest BCUT2D eigenvalue weighted by Crippen LogP contribution is 2.18. The number of nitrogens with zero attached hydrogens (tertiary/aromatic N) is 1. The Labute approximate surface area is 150 Å². The van der Waals surface area contributed by atoms with Gasteiger partial charge in [0.25, 0.3) is 0 Å². The number of aromatic nitrogens is 1. The van der Waals surface area contributed by atoms with E-state index in [-0.39, 0.29) is 18.3 Å². The second kappa shape index (κ2) is 8.02. The molecule has 2 aromatic heterocycles. The molecule has 0 bridgehead atoms. The molecule has 0 radical (unpaired) electrons. The third-order valence-electron chi connectivity index (χ3n) is 3.29. The first-order valence-corrected chi connectivity index (χ1v) is 8.56. The van der Waals surface area contributed by atoms with Crippen molar-refractivity contribution in [1.82, 2.24) is 10.3 Å². The van der Waals surface area contributed by atoms with Crippen LogP contribution in [-0.2, 0) is 16.1 Å². The van der Waals surface area contributed by atoms with Gasteiger partial charge in [-0.3, -0.25) is 14.6 Å². The minimum absolute atomic E-state index is 0.0555. The Bertz CT molecular complexity index is 763. The number of pyridine rings is 1. The van der Waals surface area contributed by atoms with E-state index in [2.05, 4.69) is 10.3 Å². The summed E-state index contributed by atoms with van der Waals surface area (Å²) in [6.45, 7) is 5.55.